The van der Waals surface area contributed by atoms with Crippen molar-refractivity contribution in [2.75, 3.05) is 0 Å². The van der Waals surface area contributed by atoms with Gasteiger partial charge in [0, 0.05) is 0 Å². The van der Waals surface area contributed by atoms with Gasteiger partial charge in [0.1, 0.15) is 0 Å². The molecular formula is C31H35Cl2Zr. The van der Waals surface area contributed by atoms with Crippen molar-refractivity contribution in [1.29, 1.82) is 0 Å². The van der Waals surface area contributed by atoms with Crippen molar-refractivity contribution in [1.82, 2.24) is 0 Å². The SMILES string of the molecule is CC(C)(C)c1ccc2c(c1)=c1cc(C(C)(C)C)c(=C3CCCC3)c(C3=CC=CC3)c1[C]=2[Zr+2].[Cl-].[Cl-]. The van der Waals surface area contributed by atoms with Crippen molar-refractivity contribution < 1.29 is 49.5 Å². The first-order chi connectivity index (χ1) is 15.1. The second-order valence-corrected chi connectivity index (χ2v) is 13.1. The van der Waals surface area contributed by atoms with Gasteiger partial charge in [-0.25, -0.2) is 0 Å². The molecule has 34 heavy (non-hydrogen) atoms. The number of allylic oxidation sites excluding steroid dienone is 4. The van der Waals surface area contributed by atoms with E-state index in [4.69, 9.17) is 0 Å². The minimum atomic E-state index is 0. The van der Waals surface area contributed by atoms with E-state index >= 15 is 0 Å². The van der Waals surface area contributed by atoms with Gasteiger partial charge in [0.25, 0.3) is 0 Å². The Morgan fingerprint density at radius 2 is 1.44 bits per heavy atom. The number of fused-ring (bicyclic) bond motifs is 2. The van der Waals surface area contributed by atoms with Gasteiger partial charge in [-0.05, 0) is 0 Å². The van der Waals surface area contributed by atoms with Crippen LogP contribution in [0.1, 0.15) is 95.9 Å². The van der Waals surface area contributed by atoms with E-state index in [1.54, 1.807) is 30.8 Å². The zero-order chi connectivity index (χ0) is 22.8. The quantitative estimate of drug-likeness (QED) is 0.474. The average Bonchev–Trinajstić information content (AvgIpc) is 3.47. The van der Waals surface area contributed by atoms with Gasteiger partial charge in [0.05, 0.1) is 0 Å². The van der Waals surface area contributed by atoms with Crippen LogP contribution in [0.3, 0.4) is 0 Å². The molecule has 0 heterocycles. The van der Waals surface area contributed by atoms with E-state index in [1.807, 2.05) is 0 Å². The third-order valence-corrected chi connectivity index (χ3v) is 8.76. The number of halogens is 2. The van der Waals surface area contributed by atoms with Crippen molar-refractivity contribution >= 4 is 14.4 Å². The molecule has 0 amide bonds. The Bertz CT molecular complexity index is 1400. The average molecular weight is 570 g/mol. The second-order valence-electron chi connectivity index (χ2n) is 11.9. The number of hydrogen-bond donors (Lipinski definition) is 0. The molecule has 0 nitrogen and oxygen atoms in total. The molecule has 0 aliphatic heterocycles. The maximum Gasteiger partial charge on any atom is -1.00 e. The monoisotopic (exact) mass is 567 g/mol. The second kappa shape index (κ2) is 9.88. The van der Waals surface area contributed by atoms with Crippen LogP contribution in [0.2, 0.25) is 0 Å². The third-order valence-electron chi connectivity index (χ3n) is 7.48. The van der Waals surface area contributed by atoms with Gasteiger partial charge in [-0.1, -0.05) is 0 Å². The van der Waals surface area contributed by atoms with E-state index in [2.05, 4.69) is 84.0 Å². The fourth-order valence-corrected chi connectivity index (χ4v) is 6.88. The minimum absolute atomic E-state index is 0. The van der Waals surface area contributed by atoms with E-state index in [-0.39, 0.29) is 35.6 Å². The topological polar surface area (TPSA) is 0 Å². The molecular weight excluding hydrogens is 534 g/mol. The predicted molar refractivity (Wildman–Crippen MR) is 133 cm³/mol. The molecule has 0 bridgehead atoms. The summed E-state index contributed by atoms with van der Waals surface area (Å²) >= 11 is 1.52. The number of benzene rings is 2. The van der Waals surface area contributed by atoms with Gasteiger partial charge in [-0.2, -0.15) is 0 Å². The molecule has 3 heteroatoms. The van der Waals surface area contributed by atoms with E-state index in [9.17, 15) is 0 Å². The van der Waals surface area contributed by atoms with Crippen molar-refractivity contribution in [3.8, 4) is 0 Å². The van der Waals surface area contributed by atoms with Crippen LogP contribution in [0.5, 0.6) is 0 Å². The molecule has 0 atom stereocenters. The summed E-state index contributed by atoms with van der Waals surface area (Å²) < 4.78 is 1.55. The van der Waals surface area contributed by atoms with Crippen LogP contribution >= 0.6 is 0 Å². The third kappa shape index (κ3) is 4.63. The minimum Gasteiger partial charge on any atom is -1.00 e. The molecule has 0 saturated heterocycles. The molecule has 177 valence electrons. The molecule has 0 radical (unpaired) electrons. The molecule has 3 aliphatic rings. The van der Waals surface area contributed by atoms with Gasteiger partial charge in [0.15, 0.2) is 0 Å². The summed E-state index contributed by atoms with van der Waals surface area (Å²) in [7, 11) is 0. The van der Waals surface area contributed by atoms with Crippen LogP contribution in [-0.2, 0) is 35.5 Å². The number of rotatable bonds is 1. The van der Waals surface area contributed by atoms with Crippen molar-refractivity contribution in [2.24, 2.45) is 0 Å². The molecule has 0 spiro atoms. The van der Waals surface area contributed by atoms with Gasteiger partial charge in [-0.15, -0.1) is 0 Å². The van der Waals surface area contributed by atoms with Crippen LogP contribution in [-0.4, -0.2) is 0 Å². The first-order valence-electron chi connectivity index (χ1n) is 12.2. The zero-order valence-corrected chi connectivity index (χ0v) is 25.3. The fourth-order valence-electron chi connectivity index (χ4n) is 5.71. The maximum atomic E-state index is 2.59. The van der Waals surface area contributed by atoms with Crippen LogP contribution in [0.15, 0.2) is 42.5 Å². The summed E-state index contributed by atoms with van der Waals surface area (Å²) in [4.78, 5) is 0. The summed E-state index contributed by atoms with van der Waals surface area (Å²) in [6.07, 6.45) is 13.3. The van der Waals surface area contributed by atoms with E-state index < -0.39 is 0 Å². The zero-order valence-electron chi connectivity index (χ0n) is 21.3. The Hall–Kier alpha value is -0.877. The predicted octanol–water partition coefficient (Wildman–Crippen LogP) is 0.661. The Morgan fingerprint density at radius 1 is 0.765 bits per heavy atom. The van der Waals surface area contributed by atoms with Gasteiger partial charge >= 0.3 is 209 Å². The summed E-state index contributed by atoms with van der Waals surface area (Å²) in [6, 6.07) is 9.85. The van der Waals surface area contributed by atoms with Crippen molar-refractivity contribution in [3.05, 3.63) is 85.6 Å². The summed E-state index contributed by atoms with van der Waals surface area (Å²) in [5, 5.41) is 6.01. The van der Waals surface area contributed by atoms with Crippen LogP contribution < -0.4 is 35.3 Å². The van der Waals surface area contributed by atoms with Crippen LogP contribution in [0, 0.1) is 10.4 Å². The molecule has 0 N–H and O–H groups in total. The Labute approximate surface area is 232 Å². The molecule has 2 aromatic rings. The van der Waals surface area contributed by atoms with Gasteiger partial charge in [0.2, 0.25) is 0 Å². The van der Waals surface area contributed by atoms with E-state index in [0.29, 0.717) is 0 Å². The molecule has 2 aromatic carbocycles. The van der Waals surface area contributed by atoms with Gasteiger partial charge < -0.3 is 24.8 Å². The van der Waals surface area contributed by atoms with Crippen LogP contribution in [0.25, 0.3) is 14.4 Å². The number of hydrogen-bond acceptors (Lipinski definition) is 0. The van der Waals surface area contributed by atoms with Crippen molar-refractivity contribution in [2.45, 2.75) is 84.5 Å². The smallest absolute Gasteiger partial charge is 1.00 e. The first kappa shape index (κ1) is 27.7. The Balaban J connectivity index is 0.00000162. The maximum absolute atomic E-state index is 2.59. The molecule has 3 aliphatic carbocycles. The molecule has 0 aromatic heterocycles. The summed E-state index contributed by atoms with van der Waals surface area (Å²) in [5.74, 6) is 0. The fraction of sp³-hybridized carbons (Fsp3) is 0.419. The normalized spacial score (nSPS) is 16.8. The van der Waals surface area contributed by atoms with Gasteiger partial charge in [-0.3, -0.25) is 0 Å². The Kier molecular flexibility index (Phi) is 8.05. The van der Waals surface area contributed by atoms with Crippen LogP contribution in [0.4, 0.5) is 0 Å². The van der Waals surface area contributed by atoms with Crippen molar-refractivity contribution in [3.63, 3.8) is 0 Å². The molecule has 0 unspecified atom stereocenters. The first-order valence-corrected chi connectivity index (χ1v) is 13.5. The van der Waals surface area contributed by atoms with E-state index in [0.717, 1.165) is 6.42 Å². The molecule has 1 fully saturated rings. The summed E-state index contributed by atoms with van der Waals surface area (Å²) in [6.45, 7) is 14.2. The standard InChI is InChI=1S/C31H35.2ClH.Zr/c1-30(2,3)23-16-15-22-17-26-25(24(22)18-23)19-27(31(4,5)6)29(21-13-9-10-14-21)28(26)20-11-7-8-12-20;;;/h7-8,11,15-16,18-19H,9-10,12-14H2,1-6H3;2*1H;/q;;;+2/p-2. The Morgan fingerprint density at radius 3 is 2.00 bits per heavy atom. The van der Waals surface area contributed by atoms with E-state index in [1.165, 1.54) is 77.2 Å². The largest absolute Gasteiger partial charge is 1.00 e. The summed E-state index contributed by atoms with van der Waals surface area (Å²) in [5.41, 5.74) is 9.59. The molecule has 1 saturated carbocycles. The molecule has 5 rings (SSSR count).